The maximum absolute atomic E-state index is 6.55. The molecule has 1 nitrogen and oxygen atoms in total. The lowest BCUT2D eigenvalue weighted by atomic mass is 9.59. The van der Waals surface area contributed by atoms with Gasteiger partial charge in [0, 0.05) is 16.2 Å². The lowest BCUT2D eigenvalue weighted by Crippen LogP contribution is -2.50. The summed E-state index contributed by atoms with van der Waals surface area (Å²) >= 11 is 0. The van der Waals surface area contributed by atoms with E-state index in [-0.39, 0.29) is 5.41 Å². The van der Waals surface area contributed by atoms with E-state index in [2.05, 4.69) is 186 Å². The highest BCUT2D eigenvalue weighted by atomic mass is 16.3. The average Bonchev–Trinajstić information content (AvgIpc) is 3.71. The van der Waals surface area contributed by atoms with Gasteiger partial charge in [0.2, 0.25) is 0 Å². The first-order valence-electron chi connectivity index (χ1n) is 20.1. The van der Waals surface area contributed by atoms with Gasteiger partial charge in [0.05, 0.1) is 0 Å². The van der Waals surface area contributed by atoms with Crippen molar-refractivity contribution in [1.82, 2.24) is 0 Å². The molecular weight excluding hydrogens is 667 g/mol. The molecule has 0 spiro atoms. The molecule has 0 bridgehead atoms. The quantitative estimate of drug-likeness (QED) is 0.175. The second-order valence-corrected chi connectivity index (χ2v) is 17.0. The molecule has 0 N–H and O–H groups in total. The minimum Gasteiger partial charge on any atom is -0.456 e. The predicted octanol–water partition coefficient (Wildman–Crippen LogP) is -0.733. The molecular formula is C47H40B8O. The van der Waals surface area contributed by atoms with Crippen LogP contribution in [0.4, 0.5) is 0 Å². The summed E-state index contributed by atoms with van der Waals surface area (Å²) < 4.78 is 6.55. The molecule has 0 fully saturated rings. The van der Waals surface area contributed by atoms with Gasteiger partial charge >= 0.3 is 0 Å². The van der Waals surface area contributed by atoms with Gasteiger partial charge in [-0.1, -0.05) is 121 Å². The average molecular weight is 707 g/mol. The van der Waals surface area contributed by atoms with Crippen LogP contribution in [0.2, 0.25) is 0 Å². The molecule has 0 saturated carbocycles. The lowest BCUT2D eigenvalue weighted by Gasteiger charge is -2.29. The smallest absolute Gasteiger partial charge is 0.139 e. The molecule has 10 rings (SSSR count). The highest BCUT2D eigenvalue weighted by molar-refractivity contribution is 6.71. The second-order valence-electron chi connectivity index (χ2n) is 17.0. The molecule has 1 aliphatic rings. The van der Waals surface area contributed by atoms with Crippen molar-refractivity contribution in [2.75, 3.05) is 0 Å². The Balaban J connectivity index is 1.36. The Bertz CT molecular complexity index is 3120. The van der Waals surface area contributed by atoms with Gasteiger partial charge in [-0.25, -0.2) is 0 Å². The molecule has 1 heterocycles. The summed E-state index contributed by atoms with van der Waals surface area (Å²) in [5.74, 6) is 0. The first-order valence-corrected chi connectivity index (χ1v) is 20.1. The Hall–Kier alpha value is -5.40. The minimum atomic E-state index is -0.163. The normalized spacial score (nSPS) is 13.2. The van der Waals surface area contributed by atoms with Gasteiger partial charge in [0.25, 0.3) is 0 Å². The van der Waals surface area contributed by atoms with Crippen molar-refractivity contribution >= 4 is 150 Å². The largest absolute Gasteiger partial charge is 0.456 e. The van der Waals surface area contributed by atoms with Gasteiger partial charge in [0.1, 0.15) is 73.9 Å². The van der Waals surface area contributed by atoms with Crippen LogP contribution in [0.5, 0.6) is 0 Å². The number of hydrogen-bond acceptors (Lipinski definition) is 1. The first-order chi connectivity index (χ1) is 26.9. The van der Waals surface area contributed by atoms with E-state index < -0.39 is 0 Å². The molecule has 0 saturated heterocycles. The third-order valence-corrected chi connectivity index (χ3v) is 14.1. The maximum atomic E-state index is 6.55. The van der Waals surface area contributed by atoms with Crippen LogP contribution in [0.25, 0.3) is 88.0 Å². The van der Waals surface area contributed by atoms with Crippen LogP contribution in [0.1, 0.15) is 25.0 Å². The van der Waals surface area contributed by atoms with Crippen LogP contribution >= 0.6 is 0 Å². The molecule has 1 aromatic heterocycles. The zero-order valence-electron chi connectivity index (χ0n) is 34.3. The van der Waals surface area contributed by atoms with E-state index in [0.29, 0.717) is 0 Å². The van der Waals surface area contributed by atoms with Gasteiger partial charge < -0.3 is 4.42 Å². The Morgan fingerprint density at radius 3 is 1.45 bits per heavy atom. The minimum absolute atomic E-state index is 0.163. The van der Waals surface area contributed by atoms with E-state index in [9.17, 15) is 0 Å². The van der Waals surface area contributed by atoms with Crippen LogP contribution in [0.15, 0.2) is 114 Å². The second kappa shape index (κ2) is 12.3. The lowest BCUT2D eigenvalue weighted by molar-refractivity contribution is 0.661. The molecule has 258 valence electrons. The van der Waals surface area contributed by atoms with Crippen molar-refractivity contribution in [3.05, 3.63) is 120 Å². The van der Waals surface area contributed by atoms with Gasteiger partial charge in [0.15, 0.2) is 0 Å². The molecule has 0 aliphatic heterocycles. The fraction of sp³-hybridized carbons (Fsp3) is 0.0638. The third kappa shape index (κ3) is 4.67. The van der Waals surface area contributed by atoms with Crippen molar-refractivity contribution in [3.8, 4) is 44.5 Å². The molecule has 9 aromatic rings. The molecule has 8 aromatic carbocycles. The van der Waals surface area contributed by atoms with Crippen LogP contribution in [0, 0.1) is 0 Å². The van der Waals surface area contributed by atoms with Crippen LogP contribution < -0.4 is 43.7 Å². The summed E-state index contributed by atoms with van der Waals surface area (Å²) in [5.41, 5.74) is 25.8. The van der Waals surface area contributed by atoms with Gasteiger partial charge in [-0.2, -0.15) is 0 Å². The topological polar surface area (TPSA) is 13.1 Å². The van der Waals surface area contributed by atoms with Crippen molar-refractivity contribution in [3.63, 3.8) is 0 Å². The zero-order valence-corrected chi connectivity index (χ0v) is 34.3. The van der Waals surface area contributed by atoms with E-state index in [1.54, 1.807) is 0 Å². The van der Waals surface area contributed by atoms with Crippen molar-refractivity contribution in [2.24, 2.45) is 0 Å². The van der Waals surface area contributed by atoms with Crippen LogP contribution in [0.3, 0.4) is 0 Å². The summed E-state index contributed by atoms with van der Waals surface area (Å²) in [6, 6.07) is 40.4. The Morgan fingerprint density at radius 1 is 0.375 bits per heavy atom. The van der Waals surface area contributed by atoms with Gasteiger partial charge in [-0.3, -0.25) is 0 Å². The highest BCUT2D eigenvalue weighted by Gasteiger charge is 2.36. The number of para-hydroxylation sites is 1. The van der Waals surface area contributed by atoms with E-state index in [1.807, 2.05) is 0 Å². The fourth-order valence-electron chi connectivity index (χ4n) is 10.4. The molecule has 0 radical (unpaired) electrons. The fourth-order valence-corrected chi connectivity index (χ4v) is 10.4. The third-order valence-electron chi connectivity index (χ3n) is 14.1. The Kier molecular flexibility index (Phi) is 7.70. The summed E-state index contributed by atoms with van der Waals surface area (Å²) in [5, 5.41) is 7.79. The molecule has 56 heavy (non-hydrogen) atoms. The van der Waals surface area contributed by atoms with E-state index in [4.69, 9.17) is 4.42 Å². The summed E-state index contributed by atoms with van der Waals surface area (Å²) in [6.07, 6.45) is 0. The summed E-state index contributed by atoms with van der Waals surface area (Å²) in [7, 11) is 18.7. The first kappa shape index (κ1) is 35.0. The molecule has 9 heteroatoms. The molecule has 1 aliphatic carbocycles. The molecule has 0 unspecified atom stereocenters. The molecule has 0 atom stereocenters. The SMILES string of the molecule is Bc1c(B)c(B)c2c(-c3cccc4oc5ccccc5c34)c3c(B)c(B)c(B)c(B)c3c(-c3ccc4c(c3)C(C)(C)c3cc(-c5ccccc5)ccc3-4)c2c1B. The number of furan rings is 1. The van der Waals surface area contributed by atoms with Crippen LogP contribution in [-0.4, -0.2) is 62.8 Å². The Morgan fingerprint density at radius 2 is 0.857 bits per heavy atom. The van der Waals surface area contributed by atoms with E-state index in [1.165, 1.54) is 126 Å². The van der Waals surface area contributed by atoms with Crippen molar-refractivity contribution in [1.29, 1.82) is 0 Å². The monoisotopic (exact) mass is 708 g/mol. The van der Waals surface area contributed by atoms with Crippen molar-refractivity contribution < 1.29 is 4.42 Å². The summed E-state index contributed by atoms with van der Waals surface area (Å²) in [4.78, 5) is 0. The maximum Gasteiger partial charge on any atom is 0.139 e. The van der Waals surface area contributed by atoms with Crippen LogP contribution in [-0.2, 0) is 5.41 Å². The van der Waals surface area contributed by atoms with E-state index >= 15 is 0 Å². The van der Waals surface area contributed by atoms with Gasteiger partial charge in [-0.05, 0) is 101 Å². The highest BCUT2D eigenvalue weighted by Crippen LogP contribution is 2.52. The number of hydrogen-bond donors (Lipinski definition) is 0. The van der Waals surface area contributed by atoms with E-state index in [0.717, 1.165) is 16.6 Å². The number of rotatable bonds is 3. The zero-order chi connectivity index (χ0) is 38.9. The standard InChI is InChI=1S/C47H40B8O/c1-47(2)28-19-22(21-9-4-3-5-10-21)15-17-24(28)25-18-16-23(20-29(25)47)32-35-37(41(50)45(54)43(52)39(35)48)34(38-36(32)40(49)44(53)46(55)42(38)51)27-12-8-14-31-33(27)26-11-6-7-13-30(26)56-31/h3-20H,48-55H2,1-2H3. The Labute approximate surface area is 336 Å². The number of benzene rings is 8. The number of fused-ring (bicyclic) bond motifs is 8. The summed E-state index contributed by atoms with van der Waals surface area (Å²) in [6.45, 7) is 4.83. The molecule has 0 amide bonds. The van der Waals surface area contributed by atoms with Gasteiger partial charge in [-0.15, -0.1) is 21.9 Å². The van der Waals surface area contributed by atoms with Crippen molar-refractivity contribution in [2.45, 2.75) is 19.3 Å². The predicted molar refractivity (Wildman–Crippen MR) is 268 cm³/mol.